The summed E-state index contributed by atoms with van der Waals surface area (Å²) in [5.74, 6) is -1.51. The number of amides is 1. The van der Waals surface area contributed by atoms with Crippen LogP contribution in [0.4, 0.5) is 5.69 Å². The summed E-state index contributed by atoms with van der Waals surface area (Å²) in [6.07, 6.45) is 1.18. The number of aliphatic carboxylic acids is 1. The summed E-state index contributed by atoms with van der Waals surface area (Å²) >= 11 is 0. The largest absolute Gasteiger partial charge is 0.481 e. The minimum atomic E-state index is -0.884. The fourth-order valence-corrected chi connectivity index (χ4v) is 2.25. The molecule has 0 aliphatic carbocycles. The molecule has 4 heteroatoms. The molecule has 0 aliphatic rings. The molecule has 110 valence electrons. The molecule has 0 saturated heterocycles. The lowest BCUT2D eigenvalue weighted by Gasteiger charge is -2.28. The summed E-state index contributed by atoms with van der Waals surface area (Å²) in [7, 11) is 0. The smallest absolute Gasteiger partial charge is 0.308 e. The number of rotatable bonds is 6. The summed E-state index contributed by atoms with van der Waals surface area (Å²) < 4.78 is 0. The molecule has 1 unspecified atom stereocenters. The van der Waals surface area contributed by atoms with Crippen LogP contribution < -0.4 is 4.90 Å². The zero-order chi connectivity index (χ0) is 15.3. The van der Waals surface area contributed by atoms with Crippen molar-refractivity contribution in [3.63, 3.8) is 0 Å². The maximum Gasteiger partial charge on any atom is 0.308 e. The maximum atomic E-state index is 12.2. The molecule has 1 aromatic carbocycles. The van der Waals surface area contributed by atoms with E-state index < -0.39 is 11.9 Å². The monoisotopic (exact) mass is 277 g/mol. The minimum absolute atomic E-state index is 0.0397. The van der Waals surface area contributed by atoms with E-state index in [0.29, 0.717) is 6.42 Å². The molecule has 0 saturated carbocycles. The molecule has 0 heterocycles. The van der Waals surface area contributed by atoms with E-state index in [-0.39, 0.29) is 12.5 Å². The van der Waals surface area contributed by atoms with Crippen molar-refractivity contribution in [1.29, 1.82) is 0 Å². The number of para-hydroxylation sites is 1. The molecular formula is C16H23NO3. The van der Waals surface area contributed by atoms with Gasteiger partial charge in [0, 0.05) is 18.7 Å². The van der Waals surface area contributed by atoms with Gasteiger partial charge in [-0.15, -0.1) is 0 Å². The van der Waals surface area contributed by atoms with Gasteiger partial charge in [0.25, 0.3) is 0 Å². The van der Waals surface area contributed by atoms with Gasteiger partial charge in [0.1, 0.15) is 0 Å². The van der Waals surface area contributed by atoms with Gasteiger partial charge >= 0.3 is 5.97 Å². The summed E-state index contributed by atoms with van der Waals surface area (Å²) in [5, 5.41) is 9.09. The van der Waals surface area contributed by atoms with Crippen LogP contribution >= 0.6 is 0 Å². The summed E-state index contributed by atoms with van der Waals surface area (Å²) in [5.41, 5.74) is 2.95. The Labute approximate surface area is 120 Å². The van der Waals surface area contributed by atoms with Crippen LogP contribution in [0.1, 0.15) is 38.3 Å². The lowest BCUT2D eigenvalue weighted by molar-refractivity contribution is -0.140. The number of carbonyl (C=O) groups is 2. The predicted molar refractivity (Wildman–Crippen MR) is 80.0 cm³/mol. The first kappa shape index (κ1) is 16.2. The van der Waals surface area contributed by atoms with Crippen LogP contribution in [-0.4, -0.2) is 23.5 Å². The molecule has 1 N–H and O–H groups in total. The normalized spacial score (nSPS) is 12.0. The molecular weight excluding hydrogens is 254 g/mol. The number of anilines is 1. The third-order valence-electron chi connectivity index (χ3n) is 3.45. The van der Waals surface area contributed by atoms with Gasteiger partial charge in [-0.1, -0.05) is 39.0 Å². The van der Waals surface area contributed by atoms with Crippen molar-refractivity contribution in [2.45, 2.75) is 40.5 Å². The first-order valence-corrected chi connectivity index (χ1v) is 7.03. The number of carbonyl (C=O) groups excluding carboxylic acids is 1. The molecule has 1 aromatic rings. The zero-order valence-corrected chi connectivity index (χ0v) is 12.6. The highest BCUT2D eigenvalue weighted by molar-refractivity contribution is 5.95. The molecule has 0 fully saturated rings. The number of hydrogen-bond donors (Lipinski definition) is 1. The van der Waals surface area contributed by atoms with Gasteiger partial charge in [-0.3, -0.25) is 9.59 Å². The SMILES string of the molecule is CCC(=O)N(CC(C)C(=O)O)c1c(C)cccc1CC. The van der Waals surface area contributed by atoms with E-state index >= 15 is 0 Å². The summed E-state index contributed by atoms with van der Waals surface area (Å²) in [4.78, 5) is 24.9. The fraction of sp³-hybridized carbons (Fsp3) is 0.500. The highest BCUT2D eigenvalue weighted by Gasteiger charge is 2.23. The van der Waals surface area contributed by atoms with Gasteiger partial charge < -0.3 is 10.0 Å². The second kappa shape index (κ2) is 7.08. The van der Waals surface area contributed by atoms with E-state index in [0.717, 1.165) is 23.2 Å². The Morgan fingerprint density at radius 1 is 1.30 bits per heavy atom. The lowest BCUT2D eigenvalue weighted by Crippen LogP contribution is -2.37. The van der Waals surface area contributed by atoms with Gasteiger partial charge in [-0.25, -0.2) is 0 Å². The lowest BCUT2D eigenvalue weighted by atomic mass is 10.0. The zero-order valence-electron chi connectivity index (χ0n) is 12.6. The first-order chi connectivity index (χ1) is 9.42. The minimum Gasteiger partial charge on any atom is -0.481 e. The standard InChI is InChI=1S/C16H23NO3/c1-5-13-9-7-8-11(3)15(13)17(14(18)6-2)10-12(4)16(19)20/h7-9,12H,5-6,10H2,1-4H3,(H,19,20). The second-order valence-electron chi connectivity index (χ2n) is 5.03. The highest BCUT2D eigenvalue weighted by Crippen LogP contribution is 2.27. The molecule has 0 aliphatic heterocycles. The molecule has 1 atom stereocenters. The van der Waals surface area contributed by atoms with Gasteiger partial charge in [0.05, 0.1) is 5.92 Å². The molecule has 0 bridgehead atoms. The Kier molecular flexibility index (Phi) is 5.74. The molecule has 0 spiro atoms. The Bertz CT molecular complexity index is 496. The third-order valence-corrected chi connectivity index (χ3v) is 3.45. The van der Waals surface area contributed by atoms with E-state index in [1.807, 2.05) is 32.0 Å². The highest BCUT2D eigenvalue weighted by atomic mass is 16.4. The molecule has 1 amide bonds. The third kappa shape index (κ3) is 3.59. The van der Waals surface area contributed by atoms with Crippen LogP contribution in [0.3, 0.4) is 0 Å². The molecule has 20 heavy (non-hydrogen) atoms. The van der Waals surface area contributed by atoms with Crippen LogP contribution in [0.2, 0.25) is 0 Å². The van der Waals surface area contributed by atoms with Crippen molar-refractivity contribution in [3.8, 4) is 0 Å². The molecule has 1 rings (SSSR count). The molecule has 0 aromatic heterocycles. The van der Waals surface area contributed by atoms with E-state index in [1.165, 1.54) is 0 Å². The quantitative estimate of drug-likeness (QED) is 0.869. The van der Waals surface area contributed by atoms with Crippen LogP contribution in [-0.2, 0) is 16.0 Å². The van der Waals surface area contributed by atoms with E-state index in [2.05, 4.69) is 0 Å². The molecule has 0 radical (unpaired) electrons. The van der Waals surface area contributed by atoms with Gasteiger partial charge in [0.2, 0.25) is 5.91 Å². The summed E-state index contributed by atoms with van der Waals surface area (Å²) in [6, 6.07) is 5.91. The van der Waals surface area contributed by atoms with Gasteiger partial charge in [-0.05, 0) is 24.5 Å². The van der Waals surface area contributed by atoms with Crippen LogP contribution in [0.5, 0.6) is 0 Å². The van der Waals surface area contributed by atoms with E-state index in [1.54, 1.807) is 18.7 Å². The van der Waals surface area contributed by atoms with E-state index in [9.17, 15) is 9.59 Å². The number of carboxylic acids is 1. The van der Waals surface area contributed by atoms with Crippen molar-refractivity contribution in [1.82, 2.24) is 0 Å². The van der Waals surface area contributed by atoms with Crippen LogP contribution in [0.15, 0.2) is 18.2 Å². The Hall–Kier alpha value is -1.84. The van der Waals surface area contributed by atoms with Crippen molar-refractivity contribution in [2.24, 2.45) is 5.92 Å². The van der Waals surface area contributed by atoms with Crippen molar-refractivity contribution in [3.05, 3.63) is 29.3 Å². The van der Waals surface area contributed by atoms with Crippen molar-refractivity contribution >= 4 is 17.6 Å². The van der Waals surface area contributed by atoms with Crippen molar-refractivity contribution < 1.29 is 14.7 Å². The van der Waals surface area contributed by atoms with Crippen LogP contribution in [0, 0.1) is 12.8 Å². The van der Waals surface area contributed by atoms with Gasteiger partial charge in [-0.2, -0.15) is 0 Å². The number of benzene rings is 1. The maximum absolute atomic E-state index is 12.2. The number of hydrogen-bond acceptors (Lipinski definition) is 2. The Morgan fingerprint density at radius 3 is 2.45 bits per heavy atom. The topological polar surface area (TPSA) is 57.6 Å². The predicted octanol–water partition coefficient (Wildman–Crippen LogP) is 3.02. The summed E-state index contributed by atoms with van der Waals surface area (Å²) in [6.45, 7) is 7.62. The molecule has 4 nitrogen and oxygen atoms in total. The van der Waals surface area contributed by atoms with E-state index in [4.69, 9.17) is 5.11 Å². The van der Waals surface area contributed by atoms with Crippen LogP contribution in [0.25, 0.3) is 0 Å². The van der Waals surface area contributed by atoms with Gasteiger partial charge in [0.15, 0.2) is 0 Å². The Morgan fingerprint density at radius 2 is 1.95 bits per heavy atom. The average molecular weight is 277 g/mol. The Balaban J connectivity index is 3.24. The second-order valence-corrected chi connectivity index (χ2v) is 5.03. The first-order valence-electron chi connectivity index (χ1n) is 7.03. The average Bonchev–Trinajstić information content (AvgIpc) is 2.43. The fourth-order valence-electron chi connectivity index (χ4n) is 2.25. The number of carboxylic acid groups (broad SMARTS) is 1. The number of aryl methyl sites for hydroxylation is 2. The number of nitrogens with zero attached hydrogens (tertiary/aromatic N) is 1. The van der Waals surface area contributed by atoms with Crippen molar-refractivity contribution in [2.75, 3.05) is 11.4 Å².